The fraction of sp³-hybridized carbons (Fsp3) is 0.566. The Bertz CT molecular complexity index is 1920. The molecule has 1 unspecified atom stereocenters. The van der Waals surface area contributed by atoms with Gasteiger partial charge in [0.25, 0.3) is 0 Å². The van der Waals surface area contributed by atoms with Gasteiger partial charge in [0, 0.05) is 19.3 Å². The monoisotopic (exact) mass is 1130 g/mol. The van der Waals surface area contributed by atoms with E-state index in [-0.39, 0.29) is 31.1 Å². The lowest BCUT2D eigenvalue weighted by Gasteiger charge is -2.18. The molecule has 0 aromatic heterocycles. The van der Waals surface area contributed by atoms with Gasteiger partial charge in [-0.3, -0.25) is 14.4 Å². The number of rotatable bonds is 57. The molecule has 0 aromatic carbocycles. The molecule has 0 N–H and O–H groups in total. The minimum absolute atomic E-state index is 0.104. The number of allylic oxidation sites excluding steroid dienone is 30. The summed E-state index contributed by atoms with van der Waals surface area (Å²) in [6.07, 6.45) is 102. The average Bonchev–Trinajstić information content (AvgIpc) is 3.48. The molecule has 0 amide bonds. The van der Waals surface area contributed by atoms with E-state index >= 15 is 0 Å². The zero-order valence-corrected chi connectivity index (χ0v) is 52.4. The van der Waals surface area contributed by atoms with Gasteiger partial charge in [0.15, 0.2) is 6.10 Å². The number of carbonyl (C=O) groups excluding carboxylic acids is 3. The van der Waals surface area contributed by atoms with Crippen molar-refractivity contribution in [1.82, 2.24) is 0 Å². The summed E-state index contributed by atoms with van der Waals surface area (Å²) in [5.74, 6) is -0.962. The molecule has 0 saturated heterocycles. The van der Waals surface area contributed by atoms with E-state index in [9.17, 15) is 14.4 Å². The Morgan fingerprint density at radius 3 is 0.756 bits per heavy atom. The number of hydrogen-bond acceptors (Lipinski definition) is 6. The van der Waals surface area contributed by atoms with E-state index in [0.29, 0.717) is 19.3 Å². The van der Waals surface area contributed by atoms with E-state index in [4.69, 9.17) is 14.2 Å². The van der Waals surface area contributed by atoms with Gasteiger partial charge in [-0.2, -0.15) is 0 Å². The Balaban J connectivity index is 4.33. The predicted octanol–water partition coefficient (Wildman–Crippen LogP) is 22.8. The fourth-order valence-corrected chi connectivity index (χ4v) is 8.29. The minimum Gasteiger partial charge on any atom is -0.462 e. The number of ether oxygens (including phenoxy) is 3. The Hall–Kier alpha value is -5.49. The molecule has 458 valence electrons. The van der Waals surface area contributed by atoms with Crippen LogP contribution in [0.2, 0.25) is 0 Å². The molecule has 0 spiro atoms. The zero-order chi connectivity index (χ0) is 59.2. The highest BCUT2D eigenvalue weighted by molar-refractivity contribution is 5.71. The molecule has 0 rings (SSSR count). The standard InChI is InChI=1S/C76H118O6/c1-4-7-10-13-16-19-22-24-26-28-30-31-32-33-34-35-36-37-38-39-40-41-42-43-44-45-47-48-50-52-54-57-60-63-66-69-75(78)81-72-73(71-80-74(77)68-65-62-59-56-21-18-15-12-9-6-3)82-76(79)70-67-64-61-58-55-53-51-49-46-29-27-25-23-20-17-14-11-8-5-2/h7-8,10-12,15-17,19-20,24-27,30-31,33-34,36-37,39-40,42-43,45-47,49-50,52,73H,4-6,9,13-14,18,21-23,28-29,32,35,38,41,44,48,51,53-72H2,1-3H3/b10-7-,11-8-,15-12-,19-16-,20-17-,26-24-,27-25-,31-30-,34-33-,37-36-,40-39-,43-42-,47-45-,49-46-,52-50-. The highest BCUT2D eigenvalue weighted by Gasteiger charge is 2.19. The maximum absolute atomic E-state index is 12.9. The summed E-state index contributed by atoms with van der Waals surface area (Å²) in [6, 6.07) is 0. The second-order valence-electron chi connectivity index (χ2n) is 20.9. The fourth-order valence-electron chi connectivity index (χ4n) is 8.29. The lowest BCUT2D eigenvalue weighted by atomic mass is 10.1. The van der Waals surface area contributed by atoms with Gasteiger partial charge < -0.3 is 14.2 Å². The van der Waals surface area contributed by atoms with E-state index in [0.717, 1.165) is 193 Å². The van der Waals surface area contributed by atoms with Crippen molar-refractivity contribution in [2.75, 3.05) is 13.2 Å². The van der Waals surface area contributed by atoms with Crippen molar-refractivity contribution in [3.63, 3.8) is 0 Å². The van der Waals surface area contributed by atoms with Crippen LogP contribution in [0.25, 0.3) is 0 Å². The summed E-state index contributed by atoms with van der Waals surface area (Å²) in [5, 5.41) is 0. The van der Waals surface area contributed by atoms with Gasteiger partial charge in [-0.15, -0.1) is 0 Å². The van der Waals surface area contributed by atoms with E-state index < -0.39 is 6.10 Å². The predicted molar refractivity (Wildman–Crippen MR) is 357 cm³/mol. The molecule has 0 aliphatic carbocycles. The SMILES string of the molecule is CC/C=C\C/C=C\C/C=C\C/C=C\C/C=C\C/C=C\C/C=C\C/C=C\C/C=C\C/C=C\CCCCCCC(=O)OCC(COC(=O)CCCCCCC/C=C\CCC)OC(=O)CCCCCCCC/C=C\C/C=C\C/C=C\C/C=C\CC. The molecule has 0 aromatic rings. The number of esters is 3. The van der Waals surface area contributed by atoms with Crippen molar-refractivity contribution in [2.45, 2.75) is 264 Å². The third-order valence-electron chi connectivity index (χ3n) is 13.1. The highest BCUT2D eigenvalue weighted by Crippen LogP contribution is 2.14. The van der Waals surface area contributed by atoms with Gasteiger partial charge >= 0.3 is 17.9 Å². The molecule has 1 atom stereocenters. The van der Waals surface area contributed by atoms with Crippen molar-refractivity contribution < 1.29 is 28.6 Å². The topological polar surface area (TPSA) is 78.9 Å². The van der Waals surface area contributed by atoms with Crippen molar-refractivity contribution in [1.29, 1.82) is 0 Å². The van der Waals surface area contributed by atoms with E-state index in [1.165, 1.54) is 25.7 Å². The molecule has 0 radical (unpaired) electrons. The van der Waals surface area contributed by atoms with Gasteiger partial charge in [0.2, 0.25) is 0 Å². The van der Waals surface area contributed by atoms with Crippen LogP contribution in [0.15, 0.2) is 182 Å². The summed E-state index contributed by atoms with van der Waals surface area (Å²) < 4.78 is 16.8. The van der Waals surface area contributed by atoms with Gasteiger partial charge in [-0.05, 0) is 154 Å². The first-order valence-corrected chi connectivity index (χ1v) is 32.8. The first kappa shape index (κ1) is 76.5. The Labute approximate surface area is 504 Å². The van der Waals surface area contributed by atoms with Crippen molar-refractivity contribution >= 4 is 17.9 Å². The Kier molecular flexibility index (Phi) is 63.5. The van der Waals surface area contributed by atoms with Crippen molar-refractivity contribution in [3.8, 4) is 0 Å². The zero-order valence-electron chi connectivity index (χ0n) is 52.4. The summed E-state index contributed by atoms with van der Waals surface area (Å²) in [4.78, 5) is 38.2. The van der Waals surface area contributed by atoms with Crippen LogP contribution >= 0.6 is 0 Å². The molecule has 0 aliphatic heterocycles. The summed E-state index contributed by atoms with van der Waals surface area (Å²) in [6.45, 7) is 6.30. The molecule has 0 bridgehead atoms. The average molecular weight is 1130 g/mol. The van der Waals surface area contributed by atoms with Gasteiger partial charge in [-0.25, -0.2) is 0 Å². The van der Waals surface area contributed by atoms with E-state index in [1.807, 2.05) is 0 Å². The first-order chi connectivity index (χ1) is 40.5. The molecular weight excluding hydrogens is 1010 g/mol. The third-order valence-corrected chi connectivity index (χ3v) is 13.1. The molecule has 0 heterocycles. The van der Waals surface area contributed by atoms with Crippen LogP contribution in [-0.4, -0.2) is 37.2 Å². The van der Waals surface area contributed by atoms with Crippen LogP contribution in [0.4, 0.5) is 0 Å². The Morgan fingerprint density at radius 2 is 0.476 bits per heavy atom. The largest absolute Gasteiger partial charge is 0.462 e. The number of carbonyl (C=O) groups is 3. The molecule has 6 heteroatoms. The normalized spacial score (nSPS) is 13.4. The second kappa shape index (κ2) is 68.0. The highest BCUT2D eigenvalue weighted by atomic mass is 16.6. The lowest BCUT2D eigenvalue weighted by Crippen LogP contribution is -2.30. The van der Waals surface area contributed by atoms with E-state index in [2.05, 4.69) is 203 Å². The van der Waals surface area contributed by atoms with Crippen LogP contribution in [0.1, 0.15) is 258 Å². The number of unbranched alkanes of at least 4 members (excludes halogenated alkanes) is 16. The van der Waals surface area contributed by atoms with Gasteiger partial charge in [0.1, 0.15) is 13.2 Å². The number of hydrogen-bond donors (Lipinski definition) is 0. The lowest BCUT2D eigenvalue weighted by molar-refractivity contribution is -0.167. The Morgan fingerprint density at radius 1 is 0.256 bits per heavy atom. The first-order valence-electron chi connectivity index (χ1n) is 32.8. The molecule has 0 saturated carbocycles. The molecule has 0 aliphatic rings. The second-order valence-corrected chi connectivity index (χ2v) is 20.9. The molecule has 82 heavy (non-hydrogen) atoms. The van der Waals surface area contributed by atoms with Crippen LogP contribution < -0.4 is 0 Å². The van der Waals surface area contributed by atoms with Gasteiger partial charge in [-0.1, -0.05) is 267 Å². The minimum atomic E-state index is -0.810. The third kappa shape index (κ3) is 65.3. The van der Waals surface area contributed by atoms with Crippen molar-refractivity contribution in [2.24, 2.45) is 0 Å². The maximum atomic E-state index is 12.9. The van der Waals surface area contributed by atoms with Crippen LogP contribution in [0.3, 0.4) is 0 Å². The maximum Gasteiger partial charge on any atom is 0.306 e. The summed E-state index contributed by atoms with van der Waals surface area (Å²) >= 11 is 0. The summed E-state index contributed by atoms with van der Waals surface area (Å²) in [7, 11) is 0. The van der Waals surface area contributed by atoms with Gasteiger partial charge in [0.05, 0.1) is 0 Å². The molecule has 0 fully saturated rings. The smallest absolute Gasteiger partial charge is 0.306 e. The van der Waals surface area contributed by atoms with Crippen molar-refractivity contribution in [3.05, 3.63) is 182 Å². The quantitative estimate of drug-likeness (QED) is 0.0261. The van der Waals surface area contributed by atoms with Crippen LogP contribution in [-0.2, 0) is 28.6 Å². The van der Waals surface area contributed by atoms with Crippen LogP contribution in [0.5, 0.6) is 0 Å². The molecular formula is C76H118O6. The molecule has 6 nitrogen and oxygen atoms in total. The van der Waals surface area contributed by atoms with E-state index in [1.54, 1.807) is 0 Å². The summed E-state index contributed by atoms with van der Waals surface area (Å²) in [5.41, 5.74) is 0. The van der Waals surface area contributed by atoms with Crippen LogP contribution in [0, 0.1) is 0 Å².